The van der Waals surface area contributed by atoms with Gasteiger partial charge in [-0.15, -0.1) is 0 Å². The number of hydrogen-bond donors (Lipinski definition) is 0. The summed E-state index contributed by atoms with van der Waals surface area (Å²) in [6.45, 7) is 5.65. The molecule has 1 aliphatic carbocycles. The minimum atomic E-state index is -0.271. The predicted octanol–water partition coefficient (Wildman–Crippen LogP) is 3.64. The van der Waals surface area contributed by atoms with Crippen molar-refractivity contribution in [3.8, 4) is 0 Å². The van der Waals surface area contributed by atoms with Crippen LogP contribution >= 0.6 is 0 Å². The first kappa shape index (κ1) is 11.1. The first-order chi connectivity index (χ1) is 7.67. The lowest BCUT2D eigenvalue weighted by atomic mass is 9.73. The van der Waals surface area contributed by atoms with E-state index in [2.05, 4.69) is 18.7 Å². The van der Waals surface area contributed by atoms with Crippen LogP contribution in [0.5, 0.6) is 0 Å². The molecule has 1 aliphatic rings. The SMILES string of the molecule is C=C(C)C(=O)C1(c2ccccc2)CCCC1. The van der Waals surface area contributed by atoms with Crippen molar-refractivity contribution in [2.45, 2.75) is 38.0 Å². The van der Waals surface area contributed by atoms with Crippen LogP contribution in [0.4, 0.5) is 0 Å². The minimum absolute atomic E-state index is 0.233. The number of allylic oxidation sites excluding steroid dienone is 1. The second-order valence-electron chi connectivity index (χ2n) is 4.76. The van der Waals surface area contributed by atoms with Gasteiger partial charge in [0.05, 0.1) is 5.41 Å². The van der Waals surface area contributed by atoms with E-state index in [9.17, 15) is 4.79 Å². The molecule has 0 spiro atoms. The summed E-state index contributed by atoms with van der Waals surface area (Å²) < 4.78 is 0. The molecular weight excluding hydrogens is 196 g/mol. The number of Topliss-reactive ketones (excluding diaryl/α,β-unsaturated/α-hetero) is 1. The summed E-state index contributed by atoms with van der Waals surface area (Å²) in [7, 11) is 0. The zero-order valence-electron chi connectivity index (χ0n) is 9.83. The number of ketones is 1. The quantitative estimate of drug-likeness (QED) is 0.702. The molecule has 84 valence electrons. The normalized spacial score (nSPS) is 18.3. The first-order valence-electron chi connectivity index (χ1n) is 5.93. The third-order valence-electron chi connectivity index (χ3n) is 3.61. The molecule has 0 N–H and O–H groups in total. The van der Waals surface area contributed by atoms with E-state index >= 15 is 0 Å². The molecule has 1 saturated carbocycles. The summed E-state index contributed by atoms with van der Waals surface area (Å²) >= 11 is 0. The lowest BCUT2D eigenvalue weighted by Gasteiger charge is -2.28. The summed E-state index contributed by atoms with van der Waals surface area (Å²) in [5.41, 5.74) is 1.58. The van der Waals surface area contributed by atoms with Gasteiger partial charge in [0, 0.05) is 0 Å². The zero-order valence-corrected chi connectivity index (χ0v) is 9.83. The van der Waals surface area contributed by atoms with Gasteiger partial charge >= 0.3 is 0 Å². The van der Waals surface area contributed by atoms with Gasteiger partial charge in [0.2, 0.25) is 0 Å². The van der Waals surface area contributed by atoms with Crippen LogP contribution in [0.2, 0.25) is 0 Å². The van der Waals surface area contributed by atoms with E-state index in [-0.39, 0.29) is 11.2 Å². The summed E-state index contributed by atoms with van der Waals surface area (Å²) in [6, 6.07) is 10.2. The van der Waals surface area contributed by atoms with Gasteiger partial charge in [-0.1, -0.05) is 49.8 Å². The molecule has 1 heteroatoms. The van der Waals surface area contributed by atoms with Gasteiger partial charge in [-0.2, -0.15) is 0 Å². The van der Waals surface area contributed by atoms with E-state index < -0.39 is 0 Å². The Morgan fingerprint density at radius 3 is 2.25 bits per heavy atom. The summed E-state index contributed by atoms with van der Waals surface area (Å²) in [4.78, 5) is 12.4. The Balaban J connectivity index is 2.44. The lowest BCUT2D eigenvalue weighted by Crippen LogP contribution is -2.33. The van der Waals surface area contributed by atoms with Crippen LogP contribution in [0.1, 0.15) is 38.2 Å². The minimum Gasteiger partial charge on any atom is -0.294 e. The van der Waals surface area contributed by atoms with Crippen LogP contribution in [0, 0.1) is 0 Å². The average Bonchev–Trinajstić information content (AvgIpc) is 2.79. The second kappa shape index (κ2) is 4.25. The van der Waals surface area contributed by atoms with E-state index in [0.29, 0.717) is 5.57 Å². The molecule has 0 radical (unpaired) electrons. The maximum absolute atomic E-state index is 12.4. The highest BCUT2D eigenvalue weighted by Crippen LogP contribution is 2.43. The third-order valence-corrected chi connectivity index (χ3v) is 3.61. The largest absolute Gasteiger partial charge is 0.294 e. The first-order valence-corrected chi connectivity index (χ1v) is 5.93. The highest BCUT2D eigenvalue weighted by atomic mass is 16.1. The molecule has 0 amide bonds. The Bertz CT molecular complexity index is 397. The maximum atomic E-state index is 12.4. The van der Waals surface area contributed by atoms with Gasteiger partial charge in [0.25, 0.3) is 0 Å². The van der Waals surface area contributed by atoms with Gasteiger partial charge in [0.1, 0.15) is 0 Å². The molecule has 0 bridgehead atoms. The number of rotatable bonds is 3. The van der Waals surface area contributed by atoms with E-state index in [1.807, 2.05) is 25.1 Å². The van der Waals surface area contributed by atoms with Crippen molar-refractivity contribution in [2.75, 3.05) is 0 Å². The third kappa shape index (κ3) is 1.71. The fraction of sp³-hybridized carbons (Fsp3) is 0.400. The van der Waals surface area contributed by atoms with Crippen molar-refractivity contribution in [3.63, 3.8) is 0 Å². The molecule has 16 heavy (non-hydrogen) atoms. The van der Waals surface area contributed by atoms with E-state index in [1.54, 1.807) is 0 Å². The van der Waals surface area contributed by atoms with Crippen molar-refractivity contribution in [1.82, 2.24) is 0 Å². The molecule has 0 aromatic heterocycles. The number of carbonyl (C=O) groups excluding carboxylic acids is 1. The van der Waals surface area contributed by atoms with Gasteiger partial charge in [-0.25, -0.2) is 0 Å². The monoisotopic (exact) mass is 214 g/mol. The smallest absolute Gasteiger partial charge is 0.168 e. The number of carbonyl (C=O) groups is 1. The number of benzene rings is 1. The molecule has 1 aromatic carbocycles. The molecule has 1 nitrogen and oxygen atoms in total. The van der Waals surface area contributed by atoms with Crippen LogP contribution in [0.25, 0.3) is 0 Å². The molecule has 2 rings (SSSR count). The van der Waals surface area contributed by atoms with Crippen LogP contribution in [-0.2, 0) is 10.2 Å². The second-order valence-corrected chi connectivity index (χ2v) is 4.76. The fourth-order valence-corrected chi connectivity index (χ4v) is 2.79. The van der Waals surface area contributed by atoms with Crippen molar-refractivity contribution in [1.29, 1.82) is 0 Å². The van der Waals surface area contributed by atoms with Gasteiger partial charge in [-0.3, -0.25) is 4.79 Å². The summed E-state index contributed by atoms with van der Waals surface area (Å²) in [5.74, 6) is 0.233. The fourth-order valence-electron chi connectivity index (χ4n) is 2.79. The summed E-state index contributed by atoms with van der Waals surface area (Å²) in [5, 5.41) is 0. The summed E-state index contributed by atoms with van der Waals surface area (Å²) in [6.07, 6.45) is 4.24. The number of hydrogen-bond acceptors (Lipinski definition) is 1. The van der Waals surface area contributed by atoms with Crippen molar-refractivity contribution in [3.05, 3.63) is 48.0 Å². The Morgan fingerprint density at radius 2 is 1.75 bits per heavy atom. The highest BCUT2D eigenvalue weighted by Gasteiger charge is 2.42. The van der Waals surface area contributed by atoms with E-state index in [4.69, 9.17) is 0 Å². The van der Waals surface area contributed by atoms with Gasteiger partial charge in [-0.05, 0) is 30.9 Å². The van der Waals surface area contributed by atoms with Gasteiger partial charge < -0.3 is 0 Å². The molecular formula is C15H18O. The van der Waals surface area contributed by atoms with E-state index in [0.717, 1.165) is 25.7 Å². The Morgan fingerprint density at radius 1 is 1.19 bits per heavy atom. The van der Waals surface area contributed by atoms with Crippen LogP contribution in [-0.4, -0.2) is 5.78 Å². The average molecular weight is 214 g/mol. The molecule has 0 heterocycles. The van der Waals surface area contributed by atoms with Crippen LogP contribution < -0.4 is 0 Å². The zero-order chi connectivity index (χ0) is 11.6. The molecule has 0 unspecified atom stereocenters. The maximum Gasteiger partial charge on any atom is 0.168 e. The predicted molar refractivity (Wildman–Crippen MR) is 66.4 cm³/mol. The van der Waals surface area contributed by atoms with E-state index in [1.165, 1.54) is 5.56 Å². The molecule has 0 aliphatic heterocycles. The lowest BCUT2D eigenvalue weighted by molar-refractivity contribution is -0.120. The van der Waals surface area contributed by atoms with Crippen LogP contribution in [0.3, 0.4) is 0 Å². The van der Waals surface area contributed by atoms with Crippen molar-refractivity contribution < 1.29 is 4.79 Å². The van der Waals surface area contributed by atoms with Crippen molar-refractivity contribution in [2.24, 2.45) is 0 Å². The Hall–Kier alpha value is -1.37. The topological polar surface area (TPSA) is 17.1 Å². The molecule has 1 fully saturated rings. The standard InChI is InChI=1S/C15H18O/c1-12(2)14(16)15(10-6-7-11-15)13-8-4-3-5-9-13/h3-5,8-9H,1,6-7,10-11H2,2H3. The molecule has 0 saturated heterocycles. The molecule has 1 aromatic rings. The van der Waals surface area contributed by atoms with Crippen molar-refractivity contribution >= 4 is 5.78 Å². The Labute approximate surface area is 97.2 Å². The van der Waals surface area contributed by atoms with Crippen LogP contribution in [0.15, 0.2) is 42.5 Å². The highest BCUT2D eigenvalue weighted by molar-refractivity contribution is 6.02. The molecule has 0 atom stereocenters. The Kier molecular flexibility index (Phi) is 2.95. The van der Waals surface area contributed by atoms with Gasteiger partial charge in [0.15, 0.2) is 5.78 Å².